The molecule has 1 amide bonds. The first kappa shape index (κ1) is 8.43. The zero-order valence-corrected chi connectivity index (χ0v) is 6.19. The van der Waals surface area contributed by atoms with Crippen LogP contribution < -0.4 is 10.6 Å². The molecule has 0 saturated carbocycles. The van der Waals surface area contributed by atoms with Crippen LogP contribution in [0, 0.1) is 0 Å². The monoisotopic (exact) mass is 130 g/mol. The highest BCUT2D eigenvalue weighted by Crippen LogP contribution is 1.96. The molecule has 0 heterocycles. The molecule has 0 unspecified atom stereocenters. The Balaban J connectivity index is 3.55. The van der Waals surface area contributed by atoms with Gasteiger partial charge in [0.1, 0.15) is 0 Å². The van der Waals surface area contributed by atoms with Crippen LogP contribution in [0.1, 0.15) is 13.8 Å². The molecule has 0 spiro atoms. The Hall–Kier alpha value is -0.570. The van der Waals surface area contributed by atoms with Gasteiger partial charge in [0.2, 0.25) is 6.41 Å². The number of amides is 1. The summed E-state index contributed by atoms with van der Waals surface area (Å²) in [5.74, 6) is 0. The molecule has 0 aliphatic heterocycles. The summed E-state index contributed by atoms with van der Waals surface area (Å²) in [4.78, 5) is 9.96. The van der Waals surface area contributed by atoms with Gasteiger partial charge < -0.3 is 10.6 Å². The first-order valence-electron chi connectivity index (χ1n) is 2.98. The SMILES string of the molecule is CNCC(C)(C)NC=O. The molecule has 0 radical (unpaired) electrons. The molecule has 0 saturated heterocycles. The van der Waals surface area contributed by atoms with E-state index < -0.39 is 0 Å². The largest absolute Gasteiger partial charge is 0.353 e. The number of carbonyl (C=O) groups is 1. The number of hydrogen-bond donors (Lipinski definition) is 2. The highest BCUT2D eigenvalue weighted by atomic mass is 16.1. The van der Waals surface area contributed by atoms with E-state index >= 15 is 0 Å². The van der Waals surface area contributed by atoms with Crippen LogP contribution in [0.15, 0.2) is 0 Å². The van der Waals surface area contributed by atoms with Crippen molar-refractivity contribution in [2.75, 3.05) is 13.6 Å². The maximum absolute atomic E-state index is 9.96. The lowest BCUT2D eigenvalue weighted by Crippen LogP contribution is -2.45. The Morgan fingerprint density at radius 3 is 2.44 bits per heavy atom. The fourth-order valence-corrected chi connectivity index (χ4v) is 0.652. The van der Waals surface area contributed by atoms with Crippen molar-refractivity contribution < 1.29 is 4.79 Å². The molecule has 54 valence electrons. The van der Waals surface area contributed by atoms with E-state index in [1.807, 2.05) is 20.9 Å². The van der Waals surface area contributed by atoms with E-state index in [1.54, 1.807) is 0 Å². The predicted octanol–water partition coefficient (Wildman–Crippen LogP) is -0.270. The molecule has 3 nitrogen and oxygen atoms in total. The number of rotatable bonds is 4. The zero-order valence-electron chi connectivity index (χ0n) is 6.19. The van der Waals surface area contributed by atoms with Gasteiger partial charge in [-0.2, -0.15) is 0 Å². The van der Waals surface area contributed by atoms with E-state index in [2.05, 4.69) is 10.6 Å². The zero-order chi connectivity index (χ0) is 7.33. The minimum atomic E-state index is -0.128. The van der Waals surface area contributed by atoms with Crippen molar-refractivity contribution in [2.24, 2.45) is 0 Å². The maximum atomic E-state index is 9.96. The minimum absolute atomic E-state index is 0.128. The predicted molar refractivity (Wildman–Crippen MR) is 37.2 cm³/mol. The van der Waals surface area contributed by atoms with Gasteiger partial charge in [0.25, 0.3) is 0 Å². The van der Waals surface area contributed by atoms with Gasteiger partial charge in [-0.15, -0.1) is 0 Å². The first-order chi connectivity index (χ1) is 4.12. The topological polar surface area (TPSA) is 41.1 Å². The third kappa shape index (κ3) is 3.97. The molecule has 9 heavy (non-hydrogen) atoms. The fourth-order valence-electron chi connectivity index (χ4n) is 0.652. The molecule has 0 atom stereocenters. The van der Waals surface area contributed by atoms with Crippen molar-refractivity contribution in [3.63, 3.8) is 0 Å². The fraction of sp³-hybridized carbons (Fsp3) is 0.833. The second-order valence-electron chi connectivity index (χ2n) is 2.68. The van der Waals surface area contributed by atoms with Gasteiger partial charge in [0, 0.05) is 12.1 Å². The molecule has 0 rings (SSSR count). The van der Waals surface area contributed by atoms with Gasteiger partial charge in [-0.05, 0) is 20.9 Å². The van der Waals surface area contributed by atoms with Crippen molar-refractivity contribution in [3.8, 4) is 0 Å². The van der Waals surface area contributed by atoms with Gasteiger partial charge in [-0.1, -0.05) is 0 Å². The maximum Gasteiger partial charge on any atom is 0.207 e. The van der Waals surface area contributed by atoms with Crippen LogP contribution in [0.2, 0.25) is 0 Å². The van der Waals surface area contributed by atoms with Crippen LogP contribution in [0.4, 0.5) is 0 Å². The normalized spacial score (nSPS) is 11.0. The number of nitrogens with one attached hydrogen (secondary N) is 2. The van der Waals surface area contributed by atoms with Crippen LogP contribution in [-0.2, 0) is 4.79 Å². The quantitative estimate of drug-likeness (QED) is 0.514. The van der Waals surface area contributed by atoms with Gasteiger partial charge in [-0.3, -0.25) is 4.79 Å². The van der Waals surface area contributed by atoms with Crippen molar-refractivity contribution >= 4 is 6.41 Å². The lowest BCUT2D eigenvalue weighted by atomic mass is 10.1. The van der Waals surface area contributed by atoms with Crippen LogP contribution >= 0.6 is 0 Å². The lowest BCUT2D eigenvalue weighted by Gasteiger charge is -2.22. The second-order valence-corrected chi connectivity index (χ2v) is 2.68. The molecule has 2 N–H and O–H groups in total. The van der Waals surface area contributed by atoms with E-state index in [4.69, 9.17) is 0 Å². The van der Waals surface area contributed by atoms with Gasteiger partial charge in [-0.25, -0.2) is 0 Å². The molecule has 0 aromatic rings. The molecule has 3 heteroatoms. The van der Waals surface area contributed by atoms with Crippen molar-refractivity contribution in [1.82, 2.24) is 10.6 Å². The van der Waals surface area contributed by atoms with E-state index in [1.165, 1.54) is 0 Å². The number of likely N-dealkylation sites (N-methyl/N-ethyl adjacent to an activating group) is 1. The number of carbonyl (C=O) groups excluding carboxylic acids is 1. The van der Waals surface area contributed by atoms with Gasteiger partial charge in [0.05, 0.1) is 0 Å². The van der Waals surface area contributed by atoms with Crippen molar-refractivity contribution in [3.05, 3.63) is 0 Å². The minimum Gasteiger partial charge on any atom is -0.353 e. The summed E-state index contributed by atoms with van der Waals surface area (Å²) in [6, 6.07) is 0. The highest BCUT2D eigenvalue weighted by Gasteiger charge is 2.13. The average Bonchev–Trinajstić information content (AvgIpc) is 1.64. The molecule has 0 aromatic carbocycles. The van der Waals surface area contributed by atoms with Gasteiger partial charge >= 0.3 is 0 Å². The van der Waals surface area contributed by atoms with Crippen LogP contribution in [0.25, 0.3) is 0 Å². The van der Waals surface area contributed by atoms with Crippen LogP contribution in [0.3, 0.4) is 0 Å². The van der Waals surface area contributed by atoms with Gasteiger partial charge in [0.15, 0.2) is 0 Å². The van der Waals surface area contributed by atoms with Crippen molar-refractivity contribution in [2.45, 2.75) is 19.4 Å². The van der Waals surface area contributed by atoms with Crippen LogP contribution in [-0.4, -0.2) is 25.5 Å². The molecular formula is C6H14N2O. The average molecular weight is 130 g/mol. The standard InChI is InChI=1S/C6H14N2O/c1-6(2,4-7-3)8-5-9/h5,7H,4H2,1-3H3,(H,8,9). The van der Waals surface area contributed by atoms with E-state index in [-0.39, 0.29) is 5.54 Å². The summed E-state index contributed by atoms with van der Waals surface area (Å²) in [7, 11) is 1.86. The highest BCUT2D eigenvalue weighted by molar-refractivity contribution is 5.47. The summed E-state index contributed by atoms with van der Waals surface area (Å²) < 4.78 is 0. The van der Waals surface area contributed by atoms with Crippen LogP contribution in [0.5, 0.6) is 0 Å². The summed E-state index contributed by atoms with van der Waals surface area (Å²) >= 11 is 0. The third-order valence-corrected chi connectivity index (χ3v) is 1.07. The van der Waals surface area contributed by atoms with E-state index in [0.717, 1.165) is 13.0 Å². The molecule has 0 fully saturated rings. The first-order valence-corrected chi connectivity index (χ1v) is 2.98. The molecule has 0 aliphatic rings. The Labute approximate surface area is 55.8 Å². The molecular weight excluding hydrogens is 116 g/mol. The Morgan fingerprint density at radius 1 is 1.56 bits per heavy atom. The molecule has 0 bridgehead atoms. The summed E-state index contributed by atoms with van der Waals surface area (Å²) in [6.07, 6.45) is 0.720. The van der Waals surface area contributed by atoms with E-state index in [9.17, 15) is 4.79 Å². The third-order valence-electron chi connectivity index (χ3n) is 1.07. The van der Waals surface area contributed by atoms with E-state index in [0.29, 0.717) is 0 Å². The molecule has 0 aliphatic carbocycles. The summed E-state index contributed by atoms with van der Waals surface area (Å²) in [6.45, 7) is 4.70. The number of hydrogen-bond acceptors (Lipinski definition) is 2. The smallest absolute Gasteiger partial charge is 0.207 e. The Bertz CT molecular complexity index is 91.1. The van der Waals surface area contributed by atoms with Crippen molar-refractivity contribution in [1.29, 1.82) is 0 Å². The Kier molecular flexibility index (Phi) is 3.24. The Morgan fingerprint density at radius 2 is 2.11 bits per heavy atom. The summed E-state index contributed by atoms with van der Waals surface area (Å²) in [5, 5.41) is 5.65. The lowest BCUT2D eigenvalue weighted by molar-refractivity contribution is -0.110. The molecule has 0 aromatic heterocycles. The second kappa shape index (κ2) is 3.45. The summed E-state index contributed by atoms with van der Waals surface area (Å²) in [5.41, 5.74) is -0.128.